The highest BCUT2D eigenvalue weighted by atomic mass is 16.6. The minimum atomic E-state index is -1.28. The number of nitro groups is 1. The third-order valence-corrected chi connectivity index (χ3v) is 2.86. The second kappa shape index (κ2) is 5.37. The van der Waals surface area contributed by atoms with Crippen LogP contribution in [0.4, 0.5) is 17.5 Å². The molecule has 112 valence electrons. The molecule has 9 heteroatoms. The molecule has 0 spiro atoms. The smallest absolute Gasteiger partial charge is 0.329 e. The van der Waals surface area contributed by atoms with E-state index in [0.717, 1.165) is 6.20 Å². The zero-order valence-corrected chi connectivity index (χ0v) is 11.5. The van der Waals surface area contributed by atoms with E-state index in [4.69, 9.17) is 10.2 Å². The van der Waals surface area contributed by atoms with E-state index >= 15 is 0 Å². The minimum absolute atomic E-state index is 0.0528. The Labute approximate surface area is 120 Å². The lowest BCUT2D eigenvalue weighted by atomic mass is 10.0. The van der Waals surface area contributed by atoms with Crippen molar-refractivity contribution in [2.45, 2.75) is 19.4 Å². The Morgan fingerprint density at radius 2 is 2.29 bits per heavy atom. The van der Waals surface area contributed by atoms with Gasteiger partial charge in [0.05, 0.1) is 11.5 Å². The topological polar surface area (TPSA) is 140 Å². The quantitative estimate of drug-likeness (QED) is 0.551. The number of aliphatic hydroxyl groups is 1. The van der Waals surface area contributed by atoms with Gasteiger partial charge in [0.2, 0.25) is 11.8 Å². The number of nitrogens with two attached hydrogens (primary N) is 1. The number of nitrogens with one attached hydrogen (secondary N) is 1. The summed E-state index contributed by atoms with van der Waals surface area (Å²) in [5.41, 5.74) is 3.81. The molecule has 0 aliphatic carbocycles. The first-order valence-electron chi connectivity index (χ1n) is 6.09. The van der Waals surface area contributed by atoms with Crippen molar-refractivity contribution in [1.82, 2.24) is 9.97 Å². The molecule has 0 radical (unpaired) electrons. The monoisotopic (exact) mass is 293 g/mol. The van der Waals surface area contributed by atoms with E-state index in [1.54, 1.807) is 26.0 Å². The molecule has 0 fully saturated rings. The van der Waals surface area contributed by atoms with Crippen LogP contribution in [0.1, 0.15) is 18.4 Å². The summed E-state index contributed by atoms with van der Waals surface area (Å²) in [6.45, 7) is 3.39. The number of nitrogen functional groups attached to an aromatic ring is 1. The van der Waals surface area contributed by atoms with Crippen LogP contribution in [0.3, 0.4) is 0 Å². The number of aromatic nitrogens is 2. The normalized spacial score (nSPS) is 13.7. The molecule has 0 aromatic carbocycles. The standard InChI is InChI=1S/C12H15N5O4/c1-7-3-4-9(21-7)12(2,18)6-15-11-14-5-8(17(19)20)10(13)16-11/h3-5,18H,6H2,1-2H3,(H3,13,14,15,16). The molecule has 0 saturated carbocycles. The number of nitrogens with zero attached hydrogens (tertiary/aromatic N) is 3. The highest BCUT2D eigenvalue weighted by molar-refractivity contribution is 5.53. The van der Waals surface area contributed by atoms with Crippen LogP contribution in [0.5, 0.6) is 0 Å². The second-order valence-electron chi connectivity index (χ2n) is 4.76. The van der Waals surface area contributed by atoms with Crippen LogP contribution in [-0.4, -0.2) is 26.5 Å². The van der Waals surface area contributed by atoms with Gasteiger partial charge in [-0.1, -0.05) is 0 Å². The molecule has 1 atom stereocenters. The van der Waals surface area contributed by atoms with Gasteiger partial charge in [0.1, 0.15) is 23.3 Å². The number of hydrogen-bond donors (Lipinski definition) is 3. The summed E-state index contributed by atoms with van der Waals surface area (Å²) in [4.78, 5) is 17.5. The van der Waals surface area contributed by atoms with E-state index in [1.807, 2.05) is 0 Å². The lowest BCUT2D eigenvalue weighted by molar-refractivity contribution is -0.384. The molecule has 2 rings (SSSR count). The van der Waals surface area contributed by atoms with Crippen LogP contribution >= 0.6 is 0 Å². The number of furan rings is 1. The fourth-order valence-electron chi connectivity index (χ4n) is 1.68. The fraction of sp³-hybridized carbons (Fsp3) is 0.333. The van der Waals surface area contributed by atoms with Crippen LogP contribution in [0.25, 0.3) is 0 Å². The van der Waals surface area contributed by atoms with Gasteiger partial charge in [-0.2, -0.15) is 4.98 Å². The van der Waals surface area contributed by atoms with Gasteiger partial charge in [-0.25, -0.2) is 4.98 Å². The molecular formula is C12H15N5O4. The lowest BCUT2D eigenvalue weighted by Crippen LogP contribution is -2.30. The van der Waals surface area contributed by atoms with Gasteiger partial charge < -0.3 is 20.6 Å². The molecule has 0 aliphatic heterocycles. The zero-order valence-electron chi connectivity index (χ0n) is 11.5. The van der Waals surface area contributed by atoms with Crippen molar-refractivity contribution in [3.8, 4) is 0 Å². The molecule has 0 aliphatic rings. The average molecular weight is 293 g/mol. The van der Waals surface area contributed by atoms with Crippen LogP contribution < -0.4 is 11.1 Å². The number of anilines is 2. The number of hydrogen-bond acceptors (Lipinski definition) is 8. The summed E-state index contributed by atoms with van der Waals surface area (Å²) in [5, 5.41) is 23.7. The Morgan fingerprint density at radius 1 is 1.57 bits per heavy atom. The van der Waals surface area contributed by atoms with Crippen LogP contribution in [0.15, 0.2) is 22.7 Å². The van der Waals surface area contributed by atoms with E-state index in [-0.39, 0.29) is 24.0 Å². The maximum absolute atomic E-state index is 10.6. The predicted molar refractivity (Wildman–Crippen MR) is 74.6 cm³/mol. The summed E-state index contributed by atoms with van der Waals surface area (Å²) >= 11 is 0. The van der Waals surface area contributed by atoms with Crippen molar-refractivity contribution in [3.63, 3.8) is 0 Å². The third kappa shape index (κ3) is 3.26. The molecular weight excluding hydrogens is 278 g/mol. The molecule has 9 nitrogen and oxygen atoms in total. The van der Waals surface area contributed by atoms with Crippen molar-refractivity contribution in [2.75, 3.05) is 17.6 Å². The summed E-state index contributed by atoms with van der Waals surface area (Å²) in [5.74, 6) is 0.913. The van der Waals surface area contributed by atoms with Crippen molar-refractivity contribution in [1.29, 1.82) is 0 Å². The highest BCUT2D eigenvalue weighted by Gasteiger charge is 2.27. The van der Waals surface area contributed by atoms with Gasteiger partial charge in [-0.15, -0.1) is 0 Å². The van der Waals surface area contributed by atoms with Crippen LogP contribution in [0, 0.1) is 17.0 Å². The van der Waals surface area contributed by atoms with Gasteiger partial charge in [-0.05, 0) is 26.0 Å². The van der Waals surface area contributed by atoms with Crippen molar-refractivity contribution in [3.05, 3.63) is 40.0 Å². The molecule has 2 heterocycles. The van der Waals surface area contributed by atoms with E-state index in [9.17, 15) is 15.2 Å². The van der Waals surface area contributed by atoms with E-state index in [2.05, 4.69) is 15.3 Å². The predicted octanol–water partition coefficient (Wildman–Crippen LogP) is 1.19. The van der Waals surface area contributed by atoms with Gasteiger partial charge in [0.25, 0.3) is 0 Å². The molecule has 2 aromatic rings. The van der Waals surface area contributed by atoms with Crippen molar-refractivity contribution in [2.24, 2.45) is 0 Å². The summed E-state index contributed by atoms with van der Waals surface area (Å²) in [7, 11) is 0. The first-order valence-corrected chi connectivity index (χ1v) is 6.09. The number of rotatable bonds is 5. The molecule has 0 bridgehead atoms. The fourth-order valence-corrected chi connectivity index (χ4v) is 1.68. The van der Waals surface area contributed by atoms with Crippen LogP contribution in [0.2, 0.25) is 0 Å². The average Bonchev–Trinajstić information content (AvgIpc) is 2.84. The molecule has 0 amide bonds. The van der Waals surface area contributed by atoms with E-state index in [0.29, 0.717) is 11.5 Å². The van der Waals surface area contributed by atoms with Crippen molar-refractivity contribution >= 4 is 17.5 Å². The SMILES string of the molecule is Cc1ccc(C(C)(O)CNc2ncc([N+](=O)[O-])c(N)n2)o1. The van der Waals surface area contributed by atoms with Gasteiger partial charge >= 0.3 is 5.69 Å². The van der Waals surface area contributed by atoms with Gasteiger partial charge in [-0.3, -0.25) is 10.1 Å². The number of aryl methyl sites for hydroxylation is 1. The zero-order chi connectivity index (χ0) is 15.6. The van der Waals surface area contributed by atoms with Crippen LogP contribution in [-0.2, 0) is 5.60 Å². The Kier molecular flexibility index (Phi) is 3.76. The lowest BCUT2D eigenvalue weighted by Gasteiger charge is -2.21. The highest BCUT2D eigenvalue weighted by Crippen LogP contribution is 2.24. The maximum atomic E-state index is 10.6. The Balaban J connectivity index is 2.09. The minimum Gasteiger partial charge on any atom is -0.463 e. The van der Waals surface area contributed by atoms with E-state index in [1.165, 1.54) is 0 Å². The molecule has 1 unspecified atom stereocenters. The first kappa shape index (κ1) is 14.7. The summed E-state index contributed by atoms with van der Waals surface area (Å²) in [6.07, 6.45) is 1.01. The molecule has 21 heavy (non-hydrogen) atoms. The van der Waals surface area contributed by atoms with Gasteiger partial charge in [0.15, 0.2) is 0 Å². The largest absolute Gasteiger partial charge is 0.463 e. The summed E-state index contributed by atoms with van der Waals surface area (Å²) < 4.78 is 5.37. The molecule has 2 aromatic heterocycles. The Hall–Kier alpha value is -2.68. The Morgan fingerprint density at radius 3 is 2.81 bits per heavy atom. The van der Waals surface area contributed by atoms with Crippen molar-refractivity contribution < 1.29 is 14.4 Å². The second-order valence-corrected chi connectivity index (χ2v) is 4.76. The van der Waals surface area contributed by atoms with Gasteiger partial charge in [0, 0.05) is 0 Å². The third-order valence-electron chi connectivity index (χ3n) is 2.86. The van der Waals surface area contributed by atoms with E-state index < -0.39 is 10.5 Å². The summed E-state index contributed by atoms with van der Waals surface area (Å²) in [6, 6.07) is 3.41. The maximum Gasteiger partial charge on any atom is 0.329 e. The molecule has 0 saturated heterocycles. The first-order chi connectivity index (χ1) is 9.79. The Bertz CT molecular complexity index is 667. The molecule has 4 N–H and O–H groups in total.